The van der Waals surface area contributed by atoms with Crippen molar-refractivity contribution < 1.29 is 14.3 Å². The number of fused-ring (bicyclic) bond motifs is 2. The van der Waals surface area contributed by atoms with Crippen LogP contribution in [0.3, 0.4) is 0 Å². The Hall–Kier alpha value is -2.55. The van der Waals surface area contributed by atoms with E-state index in [0.717, 1.165) is 28.0 Å². The van der Waals surface area contributed by atoms with Gasteiger partial charge in [-0.25, -0.2) is 4.79 Å². The Balaban J connectivity index is 2.02. The fourth-order valence-electron chi connectivity index (χ4n) is 2.33. The van der Waals surface area contributed by atoms with Crippen LogP contribution in [-0.4, -0.2) is 12.8 Å². The Morgan fingerprint density at radius 2 is 1.67 bits per heavy atom. The van der Waals surface area contributed by atoms with Gasteiger partial charge in [-0.2, -0.15) is 0 Å². The summed E-state index contributed by atoms with van der Waals surface area (Å²) in [6.45, 7) is 2.31. The standard InChI is InChI=1S/C18H16O3/c1-2-10-20-18(19)21-17-9-5-8-15-11-13-6-3-4-7-14(13)12-16(15)17/h3-9,11-12H,2,10H2,1H3. The first kappa shape index (κ1) is 13.4. The van der Waals surface area contributed by atoms with Crippen LogP contribution in [0.25, 0.3) is 21.5 Å². The summed E-state index contributed by atoms with van der Waals surface area (Å²) in [6.07, 6.45) is 0.118. The van der Waals surface area contributed by atoms with Gasteiger partial charge in [0.1, 0.15) is 5.75 Å². The molecule has 0 spiro atoms. The molecular weight excluding hydrogens is 264 g/mol. The highest BCUT2D eigenvalue weighted by molar-refractivity contribution is 6.01. The van der Waals surface area contributed by atoms with Gasteiger partial charge in [0.2, 0.25) is 0 Å². The summed E-state index contributed by atoms with van der Waals surface area (Å²) in [5, 5.41) is 4.22. The predicted molar refractivity (Wildman–Crippen MR) is 83.7 cm³/mol. The molecule has 0 bridgehead atoms. The van der Waals surface area contributed by atoms with Crippen molar-refractivity contribution >= 4 is 27.7 Å². The molecule has 0 unspecified atom stereocenters. The Kier molecular flexibility index (Phi) is 3.73. The van der Waals surface area contributed by atoms with Crippen molar-refractivity contribution in [1.29, 1.82) is 0 Å². The second kappa shape index (κ2) is 5.83. The van der Waals surface area contributed by atoms with Crippen molar-refractivity contribution in [3.63, 3.8) is 0 Å². The maximum absolute atomic E-state index is 11.6. The molecule has 0 aromatic heterocycles. The third-order valence-corrected chi connectivity index (χ3v) is 3.32. The lowest BCUT2D eigenvalue weighted by Crippen LogP contribution is -2.11. The third kappa shape index (κ3) is 2.82. The summed E-state index contributed by atoms with van der Waals surface area (Å²) in [7, 11) is 0. The first-order valence-corrected chi connectivity index (χ1v) is 7.04. The van der Waals surface area contributed by atoms with Crippen LogP contribution in [0.5, 0.6) is 5.75 Å². The van der Waals surface area contributed by atoms with Crippen LogP contribution in [0.2, 0.25) is 0 Å². The van der Waals surface area contributed by atoms with Crippen LogP contribution >= 0.6 is 0 Å². The molecule has 0 heterocycles. The molecule has 3 aromatic carbocycles. The minimum Gasteiger partial charge on any atom is -0.434 e. The van der Waals surface area contributed by atoms with Crippen LogP contribution in [0, 0.1) is 0 Å². The fraction of sp³-hybridized carbons (Fsp3) is 0.167. The molecule has 106 valence electrons. The summed E-state index contributed by atoms with van der Waals surface area (Å²) < 4.78 is 10.3. The number of carbonyl (C=O) groups excluding carboxylic acids is 1. The lowest BCUT2D eigenvalue weighted by molar-refractivity contribution is 0.0997. The van der Waals surface area contributed by atoms with Crippen molar-refractivity contribution in [2.24, 2.45) is 0 Å². The molecule has 0 amide bonds. The molecular formula is C18H16O3. The van der Waals surface area contributed by atoms with Crippen LogP contribution in [-0.2, 0) is 4.74 Å². The Morgan fingerprint density at radius 1 is 0.952 bits per heavy atom. The number of carbonyl (C=O) groups is 1. The lowest BCUT2D eigenvalue weighted by Gasteiger charge is -2.09. The second-order valence-corrected chi connectivity index (χ2v) is 4.88. The molecule has 0 N–H and O–H groups in total. The zero-order valence-corrected chi connectivity index (χ0v) is 11.8. The van der Waals surface area contributed by atoms with Gasteiger partial charge >= 0.3 is 6.16 Å². The average Bonchev–Trinajstić information content (AvgIpc) is 2.51. The van der Waals surface area contributed by atoms with Crippen molar-refractivity contribution in [2.45, 2.75) is 13.3 Å². The van der Waals surface area contributed by atoms with Crippen molar-refractivity contribution in [2.75, 3.05) is 6.61 Å². The average molecular weight is 280 g/mol. The van der Waals surface area contributed by atoms with Gasteiger partial charge in [-0.1, -0.05) is 43.3 Å². The van der Waals surface area contributed by atoms with E-state index in [9.17, 15) is 4.79 Å². The molecule has 0 aliphatic heterocycles. The van der Waals surface area contributed by atoms with E-state index in [2.05, 4.69) is 12.1 Å². The van der Waals surface area contributed by atoms with Crippen LogP contribution in [0.4, 0.5) is 4.79 Å². The summed E-state index contributed by atoms with van der Waals surface area (Å²) in [6, 6.07) is 17.9. The highest BCUT2D eigenvalue weighted by atomic mass is 16.7. The molecule has 0 fully saturated rings. The molecule has 0 aliphatic rings. The van der Waals surface area contributed by atoms with Gasteiger partial charge in [-0.15, -0.1) is 0 Å². The maximum Gasteiger partial charge on any atom is 0.513 e. The minimum absolute atomic E-state index is 0.368. The van der Waals surface area contributed by atoms with Gasteiger partial charge in [0.05, 0.1) is 6.61 Å². The van der Waals surface area contributed by atoms with E-state index in [-0.39, 0.29) is 0 Å². The zero-order valence-electron chi connectivity index (χ0n) is 11.8. The van der Waals surface area contributed by atoms with E-state index in [4.69, 9.17) is 9.47 Å². The van der Waals surface area contributed by atoms with Gasteiger partial charge in [0, 0.05) is 5.39 Å². The third-order valence-electron chi connectivity index (χ3n) is 3.32. The fourth-order valence-corrected chi connectivity index (χ4v) is 2.33. The summed E-state index contributed by atoms with van der Waals surface area (Å²) in [4.78, 5) is 11.6. The smallest absolute Gasteiger partial charge is 0.434 e. The lowest BCUT2D eigenvalue weighted by atomic mass is 10.0. The van der Waals surface area contributed by atoms with E-state index in [1.54, 1.807) is 6.07 Å². The molecule has 3 heteroatoms. The van der Waals surface area contributed by atoms with Gasteiger partial charge in [-0.3, -0.25) is 0 Å². The topological polar surface area (TPSA) is 35.5 Å². The first-order chi connectivity index (χ1) is 10.3. The molecule has 21 heavy (non-hydrogen) atoms. The van der Waals surface area contributed by atoms with Crippen LogP contribution < -0.4 is 4.74 Å². The van der Waals surface area contributed by atoms with E-state index in [1.165, 1.54) is 0 Å². The summed E-state index contributed by atoms with van der Waals surface area (Å²) in [5.74, 6) is 0.527. The van der Waals surface area contributed by atoms with Crippen LogP contribution in [0.1, 0.15) is 13.3 Å². The second-order valence-electron chi connectivity index (χ2n) is 4.88. The normalized spacial score (nSPS) is 10.7. The summed E-state index contributed by atoms with van der Waals surface area (Å²) in [5.41, 5.74) is 0. The number of ether oxygens (including phenoxy) is 2. The highest BCUT2D eigenvalue weighted by Gasteiger charge is 2.09. The minimum atomic E-state index is -0.655. The van der Waals surface area contributed by atoms with Gasteiger partial charge in [0.25, 0.3) is 0 Å². The molecule has 0 aliphatic carbocycles. The van der Waals surface area contributed by atoms with Gasteiger partial charge in [0.15, 0.2) is 0 Å². The molecule has 3 aromatic rings. The molecule has 0 atom stereocenters. The number of hydrogen-bond donors (Lipinski definition) is 0. The highest BCUT2D eigenvalue weighted by Crippen LogP contribution is 2.30. The van der Waals surface area contributed by atoms with Gasteiger partial charge < -0.3 is 9.47 Å². The molecule has 0 radical (unpaired) electrons. The van der Waals surface area contributed by atoms with Crippen LogP contribution in [0.15, 0.2) is 54.6 Å². The monoisotopic (exact) mass is 280 g/mol. The number of rotatable bonds is 3. The van der Waals surface area contributed by atoms with E-state index in [0.29, 0.717) is 12.4 Å². The molecule has 0 saturated carbocycles. The van der Waals surface area contributed by atoms with E-state index < -0.39 is 6.16 Å². The molecule has 0 saturated heterocycles. The molecule has 3 nitrogen and oxygen atoms in total. The van der Waals surface area contributed by atoms with Gasteiger partial charge in [-0.05, 0) is 40.8 Å². The van der Waals surface area contributed by atoms with Crippen molar-refractivity contribution in [3.8, 4) is 5.75 Å². The Labute approximate surface area is 123 Å². The maximum atomic E-state index is 11.6. The van der Waals surface area contributed by atoms with Crippen molar-refractivity contribution in [1.82, 2.24) is 0 Å². The Bertz CT molecular complexity index is 793. The van der Waals surface area contributed by atoms with E-state index >= 15 is 0 Å². The van der Waals surface area contributed by atoms with Crippen molar-refractivity contribution in [3.05, 3.63) is 54.6 Å². The Morgan fingerprint density at radius 3 is 2.43 bits per heavy atom. The quantitative estimate of drug-likeness (QED) is 0.388. The SMILES string of the molecule is CCCOC(=O)Oc1cccc2cc3ccccc3cc12. The predicted octanol–water partition coefficient (Wildman–Crippen LogP) is 4.92. The first-order valence-electron chi connectivity index (χ1n) is 7.04. The summed E-state index contributed by atoms with van der Waals surface area (Å²) >= 11 is 0. The number of hydrogen-bond acceptors (Lipinski definition) is 3. The zero-order chi connectivity index (χ0) is 14.7. The molecule has 3 rings (SSSR count). The largest absolute Gasteiger partial charge is 0.513 e. The number of benzene rings is 3. The van der Waals surface area contributed by atoms with E-state index in [1.807, 2.05) is 43.3 Å².